The molecule has 1 amide bonds. The van der Waals surface area contributed by atoms with E-state index in [1.807, 2.05) is 12.1 Å². The Kier molecular flexibility index (Phi) is 11.3. The largest absolute Gasteiger partial charge is 0.355 e. The van der Waals surface area contributed by atoms with Gasteiger partial charge in [-0.1, -0.05) is 118 Å². The van der Waals surface area contributed by atoms with Crippen LogP contribution >= 0.6 is 11.8 Å². The molecule has 2 aromatic carbocycles. The topological polar surface area (TPSA) is 46.9 Å². The van der Waals surface area contributed by atoms with Crippen molar-refractivity contribution < 1.29 is 4.79 Å². The Balaban J connectivity index is 1.56. The first kappa shape index (κ1) is 26.1. The van der Waals surface area contributed by atoms with E-state index in [2.05, 4.69) is 72.3 Å². The van der Waals surface area contributed by atoms with Crippen LogP contribution in [0.15, 0.2) is 65.8 Å². The molecule has 34 heavy (non-hydrogen) atoms. The van der Waals surface area contributed by atoms with Crippen LogP contribution < -0.4 is 5.32 Å². The zero-order valence-electron chi connectivity index (χ0n) is 20.8. The lowest BCUT2D eigenvalue weighted by molar-refractivity contribution is -0.121. The second-order valence-corrected chi connectivity index (χ2v) is 9.70. The summed E-state index contributed by atoms with van der Waals surface area (Å²) in [6.07, 6.45) is 9.26. The van der Waals surface area contributed by atoms with Gasteiger partial charge in [-0.05, 0) is 13.3 Å². The number of carbonyl (C=O) groups excluding carboxylic acids is 1. The molecule has 0 aliphatic carbocycles. The summed E-state index contributed by atoms with van der Waals surface area (Å²) >= 11 is 1.71. The summed E-state index contributed by atoms with van der Waals surface area (Å²) in [6, 6.07) is 20.9. The van der Waals surface area contributed by atoms with E-state index in [1.165, 1.54) is 37.7 Å². The quantitative estimate of drug-likeness (QED) is 0.181. The maximum Gasteiger partial charge on any atom is 0.220 e. The standard InChI is InChI=1S/C29H39N3OS/c1-3-5-6-7-8-9-16-21-26(33)30-22-23-34-29-31-27(24-17-12-10-13-18-24)28(32(29)4-2)25-19-14-11-15-20-25/h10-15,17-20H,3-9,16,21-23H2,1-2H3,(H,30,33). The van der Waals surface area contributed by atoms with Crippen LogP contribution in [0, 0.1) is 0 Å². The third-order valence-corrected chi connectivity index (χ3v) is 6.98. The Morgan fingerprint density at radius 2 is 1.47 bits per heavy atom. The maximum atomic E-state index is 12.2. The number of carbonyl (C=O) groups is 1. The number of unbranched alkanes of at least 4 members (excludes halogenated alkanes) is 6. The van der Waals surface area contributed by atoms with Gasteiger partial charge in [0.05, 0.1) is 11.4 Å². The van der Waals surface area contributed by atoms with Gasteiger partial charge in [0, 0.05) is 36.4 Å². The van der Waals surface area contributed by atoms with Gasteiger partial charge in [-0.2, -0.15) is 0 Å². The molecule has 0 aliphatic rings. The highest BCUT2D eigenvalue weighted by Gasteiger charge is 2.19. The van der Waals surface area contributed by atoms with Crippen molar-refractivity contribution in [2.45, 2.75) is 76.9 Å². The normalized spacial score (nSPS) is 11.0. The molecule has 4 nitrogen and oxygen atoms in total. The van der Waals surface area contributed by atoms with Crippen LogP contribution in [0.4, 0.5) is 0 Å². The van der Waals surface area contributed by atoms with Crippen molar-refractivity contribution >= 4 is 17.7 Å². The molecule has 182 valence electrons. The molecule has 3 rings (SSSR count). The van der Waals surface area contributed by atoms with Gasteiger partial charge < -0.3 is 9.88 Å². The predicted molar refractivity (Wildman–Crippen MR) is 145 cm³/mol. The smallest absolute Gasteiger partial charge is 0.220 e. The molecular weight excluding hydrogens is 438 g/mol. The van der Waals surface area contributed by atoms with E-state index >= 15 is 0 Å². The van der Waals surface area contributed by atoms with Gasteiger partial charge in [0.25, 0.3) is 0 Å². The number of rotatable bonds is 15. The van der Waals surface area contributed by atoms with Crippen molar-refractivity contribution in [2.75, 3.05) is 12.3 Å². The van der Waals surface area contributed by atoms with Gasteiger partial charge in [-0.3, -0.25) is 4.79 Å². The molecular formula is C29H39N3OS. The lowest BCUT2D eigenvalue weighted by Gasteiger charge is -2.11. The third kappa shape index (κ3) is 7.76. The number of amides is 1. The number of hydrogen-bond acceptors (Lipinski definition) is 3. The second-order valence-electron chi connectivity index (χ2n) is 8.64. The summed E-state index contributed by atoms with van der Waals surface area (Å²) in [6.45, 7) is 5.91. The van der Waals surface area contributed by atoms with E-state index in [1.54, 1.807) is 11.8 Å². The van der Waals surface area contributed by atoms with E-state index in [4.69, 9.17) is 4.98 Å². The predicted octanol–water partition coefficient (Wildman–Crippen LogP) is 7.59. The number of imidazole rings is 1. The molecule has 1 heterocycles. The third-order valence-electron chi connectivity index (χ3n) is 6.01. The zero-order valence-corrected chi connectivity index (χ0v) is 21.6. The molecule has 0 saturated heterocycles. The van der Waals surface area contributed by atoms with Crippen molar-refractivity contribution in [1.29, 1.82) is 0 Å². The summed E-state index contributed by atoms with van der Waals surface area (Å²) in [5.74, 6) is 0.977. The summed E-state index contributed by atoms with van der Waals surface area (Å²) < 4.78 is 2.29. The first-order valence-electron chi connectivity index (χ1n) is 12.9. The van der Waals surface area contributed by atoms with E-state index in [-0.39, 0.29) is 5.91 Å². The van der Waals surface area contributed by atoms with Gasteiger partial charge in [0.2, 0.25) is 5.91 Å². The molecule has 0 fully saturated rings. The molecule has 5 heteroatoms. The molecule has 1 aromatic heterocycles. The molecule has 3 aromatic rings. The highest BCUT2D eigenvalue weighted by molar-refractivity contribution is 7.99. The Hall–Kier alpha value is -2.53. The Labute approximate surface area is 209 Å². The summed E-state index contributed by atoms with van der Waals surface area (Å²) in [5, 5.41) is 4.09. The lowest BCUT2D eigenvalue weighted by Crippen LogP contribution is -2.25. The van der Waals surface area contributed by atoms with Crippen molar-refractivity contribution in [3.63, 3.8) is 0 Å². The van der Waals surface area contributed by atoms with Crippen LogP contribution in [0.25, 0.3) is 22.5 Å². The minimum absolute atomic E-state index is 0.169. The number of benzene rings is 2. The fourth-order valence-electron chi connectivity index (χ4n) is 4.19. The van der Waals surface area contributed by atoms with E-state index in [9.17, 15) is 4.79 Å². The fraction of sp³-hybridized carbons (Fsp3) is 0.448. The maximum absolute atomic E-state index is 12.2. The van der Waals surface area contributed by atoms with E-state index in [0.717, 1.165) is 47.2 Å². The molecule has 0 radical (unpaired) electrons. The van der Waals surface area contributed by atoms with Crippen molar-refractivity contribution in [3.05, 3.63) is 60.7 Å². The Bertz CT molecular complexity index is 985. The zero-order chi connectivity index (χ0) is 24.0. The van der Waals surface area contributed by atoms with Crippen LogP contribution in [0.5, 0.6) is 0 Å². The highest BCUT2D eigenvalue weighted by Crippen LogP contribution is 2.35. The minimum atomic E-state index is 0.169. The number of aromatic nitrogens is 2. The number of nitrogens with zero attached hydrogens (tertiary/aromatic N) is 2. The van der Waals surface area contributed by atoms with Crippen LogP contribution in [-0.4, -0.2) is 27.8 Å². The van der Waals surface area contributed by atoms with Gasteiger partial charge in [0.1, 0.15) is 0 Å². The molecule has 0 bridgehead atoms. The Morgan fingerprint density at radius 3 is 2.12 bits per heavy atom. The number of thioether (sulfide) groups is 1. The van der Waals surface area contributed by atoms with Crippen LogP contribution in [0.1, 0.15) is 65.2 Å². The molecule has 0 saturated carbocycles. The molecule has 0 aliphatic heterocycles. The number of hydrogen-bond donors (Lipinski definition) is 1. The average Bonchev–Trinajstić information content (AvgIpc) is 3.25. The van der Waals surface area contributed by atoms with Crippen LogP contribution in [-0.2, 0) is 11.3 Å². The van der Waals surface area contributed by atoms with Crippen molar-refractivity contribution in [2.24, 2.45) is 0 Å². The fourth-order valence-corrected chi connectivity index (χ4v) is 5.10. The molecule has 0 atom stereocenters. The van der Waals surface area contributed by atoms with Crippen molar-refractivity contribution in [3.8, 4) is 22.5 Å². The summed E-state index contributed by atoms with van der Waals surface area (Å²) in [7, 11) is 0. The van der Waals surface area contributed by atoms with Gasteiger partial charge >= 0.3 is 0 Å². The molecule has 0 unspecified atom stereocenters. The lowest BCUT2D eigenvalue weighted by atomic mass is 10.0. The minimum Gasteiger partial charge on any atom is -0.355 e. The van der Waals surface area contributed by atoms with Gasteiger partial charge in [-0.15, -0.1) is 0 Å². The molecule has 0 spiro atoms. The summed E-state index contributed by atoms with van der Waals surface area (Å²) in [5.41, 5.74) is 4.46. The van der Waals surface area contributed by atoms with E-state index in [0.29, 0.717) is 13.0 Å². The highest BCUT2D eigenvalue weighted by atomic mass is 32.2. The van der Waals surface area contributed by atoms with Crippen LogP contribution in [0.2, 0.25) is 0 Å². The average molecular weight is 478 g/mol. The van der Waals surface area contributed by atoms with Gasteiger partial charge in [-0.25, -0.2) is 4.98 Å². The second kappa shape index (κ2) is 14.7. The number of nitrogens with one attached hydrogen (secondary N) is 1. The Morgan fingerprint density at radius 1 is 0.853 bits per heavy atom. The van der Waals surface area contributed by atoms with Crippen molar-refractivity contribution in [1.82, 2.24) is 14.9 Å². The van der Waals surface area contributed by atoms with Gasteiger partial charge in [0.15, 0.2) is 5.16 Å². The SMILES string of the molecule is CCCCCCCCCC(=O)NCCSc1nc(-c2ccccc2)c(-c2ccccc2)n1CC. The van der Waals surface area contributed by atoms with Crippen LogP contribution in [0.3, 0.4) is 0 Å². The van der Waals surface area contributed by atoms with E-state index < -0.39 is 0 Å². The monoisotopic (exact) mass is 477 g/mol. The molecule has 1 N–H and O–H groups in total. The first-order chi connectivity index (χ1) is 16.7. The first-order valence-corrected chi connectivity index (χ1v) is 13.8. The summed E-state index contributed by atoms with van der Waals surface area (Å²) in [4.78, 5) is 17.2.